The van der Waals surface area contributed by atoms with Crippen molar-refractivity contribution >= 4 is 11.7 Å². The average molecular weight is 301 g/mol. The largest absolute Gasteiger partial charge is 0.463 e. The Kier molecular flexibility index (Phi) is 6.05. The van der Waals surface area contributed by atoms with E-state index in [-0.39, 0.29) is 12.0 Å². The average Bonchev–Trinajstić information content (AvgIpc) is 2.56. The highest BCUT2D eigenvalue weighted by molar-refractivity contribution is 5.89. The van der Waals surface area contributed by atoms with Crippen molar-refractivity contribution in [3.05, 3.63) is 42.0 Å². The van der Waals surface area contributed by atoms with Gasteiger partial charge in [-0.3, -0.25) is 0 Å². The van der Waals surface area contributed by atoms with Gasteiger partial charge in [-0.1, -0.05) is 38.0 Å². The normalized spacial score (nSPS) is 16.8. The minimum absolute atomic E-state index is 0.139. The van der Waals surface area contributed by atoms with Crippen molar-refractivity contribution in [3.8, 4) is 0 Å². The number of carbonyl (C=O) groups excluding carboxylic acids is 1. The first-order chi connectivity index (χ1) is 10.6. The summed E-state index contributed by atoms with van der Waals surface area (Å²) in [5, 5.41) is 3.31. The van der Waals surface area contributed by atoms with Gasteiger partial charge in [0.25, 0.3) is 0 Å². The second kappa shape index (κ2) is 8.02. The van der Waals surface area contributed by atoms with E-state index in [4.69, 9.17) is 4.74 Å². The van der Waals surface area contributed by atoms with Gasteiger partial charge in [0, 0.05) is 5.69 Å². The van der Waals surface area contributed by atoms with E-state index in [0.717, 1.165) is 11.6 Å². The topological polar surface area (TPSA) is 38.3 Å². The van der Waals surface area contributed by atoms with E-state index in [1.807, 2.05) is 6.92 Å². The fourth-order valence-electron chi connectivity index (χ4n) is 3.03. The molecule has 1 aliphatic carbocycles. The maximum absolute atomic E-state index is 11.7. The van der Waals surface area contributed by atoms with Gasteiger partial charge >= 0.3 is 5.97 Å². The summed E-state index contributed by atoms with van der Waals surface area (Å²) in [6.45, 7) is 7.92. The zero-order valence-corrected chi connectivity index (χ0v) is 13.7. The molecule has 3 heteroatoms. The molecule has 0 unspecified atom stereocenters. The number of hydrogen-bond acceptors (Lipinski definition) is 3. The molecule has 22 heavy (non-hydrogen) atoms. The van der Waals surface area contributed by atoms with E-state index in [1.165, 1.54) is 37.7 Å². The fourth-order valence-corrected chi connectivity index (χ4v) is 3.03. The van der Waals surface area contributed by atoms with E-state index in [1.54, 1.807) is 6.92 Å². The molecule has 1 N–H and O–H groups in total. The van der Waals surface area contributed by atoms with Gasteiger partial charge in [-0.2, -0.15) is 0 Å². The van der Waals surface area contributed by atoms with Crippen molar-refractivity contribution in [2.75, 3.05) is 11.9 Å². The molecule has 1 aliphatic rings. The van der Waals surface area contributed by atoms with E-state index < -0.39 is 0 Å². The number of carbonyl (C=O) groups is 1. The molecule has 0 radical (unpaired) electrons. The zero-order valence-electron chi connectivity index (χ0n) is 13.7. The third kappa shape index (κ3) is 4.36. The molecule has 0 heterocycles. The number of anilines is 1. The Labute approximate surface area is 133 Å². The maximum atomic E-state index is 11.7. The molecular formula is C19H27NO2. The molecule has 0 saturated heterocycles. The molecular weight excluding hydrogens is 274 g/mol. The quantitative estimate of drug-likeness (QED) is 0.614. The number of benzene rings is 1. The van der Waals surface area contributed by atoms with Crippen molar-refractivity contribution in [1.82, 2.24) is 0 Å². The van der Waals surface area contributed by atoms with Gasteiger partial charge in [0.2, 0.25) is 0 Å². The molecule has 2 rings (SSSR count). The monoisotopic (exact) mass is 301 g/mol. The van der Waals surface area contributed by atoms with Crippen molar-refractivity contribution in [3.63, 3.8) is 0 Å². The summed E-state index contributed by atoms with van der Waals surface area (Å²) < 4.78 is 4.98. The molecule has 1 saturated carbocycles. The smallest absolute Gasteiger partial charge is 0.335 e. The minimum atomic E-state index is -0.332. The van der Waals surface area contributed by atoms with Crippen LogP contribution in [0.2, 0.25) is 0 Å². The standard InChI is InChI=1S/C19H27NO2/c1-4-22-19(21)14(2)15(3)20-18-12-10-17(11-13-18)16-8-6-5-7-9-16/h10-13,15-16,20H,2,4-9H2,1,3H3/t15-/m0/s1. The minimum Gasteiger partial charge on any atom is -0.463 e. The number of rotatable bonds is 6. The van der Waals surface area contributed by atoms with Crippen molar-refractivity contribution in [1.29, 1.82) is 0 Å². The molecule has 0 aliphatic heterocycles. The second-order valence-electron chi connectivity index (χ2n) is 6.07. The molecule has 1 fully saturated rings. The molecule has 0 spiro atoms. The summed E-state index contributed by atoms with van der Waals surface area (Å²) in [6.07, 6.45) is 6.69. The van der Waals surface area contributed by atoms with Crippen LogP contribution in [0.3, 0.4) is 0 Å². The molecule has 0 aromatic heterocycles. The van der Waals surface area contributed by atoms with Gasteiger partial charge in [0.15, 0.2) is 0 Å². The Balaban J connectivity index is 1.93. The summed E-state index contributed by atoms with van der Waals surface area (Å²) in [7, 11) is 0. The van der Waals surface area contributed by atoms with Crippen LogP contribution >= 0.6 is 0 Å². The fraction of sp³-hybridized carbons (Fsp3) is 0.526. The highest BCUT2D eigenvalue weighted by Gasteiger charge is 2.17. The highest BCUT2D eigenvalue weighted by atomic mass is 16.5. The van der Waals surface area contributed by atoms with Crippen molar-refractivity contribution in [2.45, 2.75) is 57.9 Å². The summed E-state index contributed by atoms with van der Waals surface area (Å²) >= 11 is 0. The van der Waals surface area contributed by atoms with Gasteiger partial charge in [0.05, 0.1) is 18.2 Å². The highest BCUT2D eigenvalue weighted by Crippen LogP contribution is 2.33. The van der Waals surface area contributed by atoms with Gasteiger partial charge in [-0.15, -0.1) is 0 Å². The van der Waals surface area contributed by atoms with Crippen LogP contribution in [0.1, 0.15) is 57.4 Å². The predicted molar refractivity (Wildman–Crippen MR) is 91.1 cm³/mol. The van der Waals surface area contributed by atoms with Gasteiger partial charge in [0.1, 0.15) is 0 Å². The van der Waals surface area contributed by atoms with Crippen LogP contribution in [-0.4, -0.2) is 18.6 Å². The SMILES string of the molecule is C=C(C(=O)OCC)[C@H](C)Nc1ccc(C2CCCCC2)cc1. The van der Waals surface area contributed by atoms with Gasteiger partial charge in [-0.25, -0.2) is 4.79 Å². The summed E-state index contributed by atoms with van der Waals surface area (Å²) in [6, 6.07) is 8.47. The molecule has 120 valence electrons. The first kappa shape index (κ1) is 16.6. The Morgan fingerprint density at radius 2 is 1.91 bits per heavy atom. The number of hydrogen-bond donors (Lipinski definition) is 1. The molecule has 1 aromatic rings. The van der Waals surface area contributed by atoms with E-state index in [0.29, 0.717) is 12.2 Å². The van der Waals surface area contributed by atoms with E-state index >= 15 is 0 Å². The molecule has 0 bridgehead atoms. The van der Waals surface area contributed by atoms with Crippen LogP contribution in [0.5, 0.6) is 0 Å². The Morgan fingerprint density at radius 3 is 2.50 bits per heavy atom. The van der Waals surface area contributed by atoms with E-state index in [9.17, 15) is 4.79 Å². The molecule has 1 atom stereocenters. The summed E-state index contributed by atoms with van der Waals surface area (Å²) in [5.74, 6) is 0.385. The Hall–Kier alpha value is -1.77. The van der Waals surface area contributed by atoms with E-state index in [2.05, 4.69) is 36.2 Å². The van der Waals surface area contributed by atoms with Crippen molar-refractivity contribution in [2.24, 2.45) is 0 Å². The first-order valence-electron chi connectivity index (χ1n) is 8.34. The lowest BCUT2D eigenvalue weighted by atomic mass is 9.84. The lowest BCUT2D eigenvalue weighted by Crippen LogP contribution is -2.24. The van der Waals surface area contributed by atoms with Crippen molar-refractivity contribution < 1.29 is 9.53 Å². The van der Waals surface area contributed by atoms with Gasteiger partial charge < -0.3 is 10.1 Å². The summed E-state index contributed by atoms with van der Waals surface area (Å²) in [5.41, 5.74) is 2.90. The van der Waals surface area contributed by atoms with Crippen LogP contribution in [-0.2, 0) is 9.53 Å². The van der Waals surface area contributed by atoms with Crippen LogP contribution in [0.25, 0.3) is 0 Å². The lowest BCUT2D eigenvalue weighted by molar-refractivity contribution is -0.138. The number of nitrogens with one attached hydrogen (secondary N) is 1. The van der Waals surface area contributed by atoms with Crippen LogP contribution in [0.4, 0.5) is 5.69 Å². The maximum Gasteiger partial charge on any atom is 0.335 e. The lowest BCUT2D eigenvalue weighted by Gasteiger charge is -2.22. The molecule has 0 amide bonds. The Bertz CT molecular complexity index is 501. The third-order valence-electron chi connectivity index (χ3n) is 4.43. The number of esters is 1. The van der Waals surface area contributed by atoms with Gasteiger partial charge in [-0.05, 0) is 50.3 Å². The summed E-state index contributed by atoms with van der Waals surface area (Å²) in [4.78, 5) is 11.7. The number of ether oxygens (including phenoxy) is 1. The third-order valence-corrected chi connectivity index (χ3v) is 4.43. The molecule has 3 nitrogen and oxygen atoms in total. The van der Waals surface area contributed by atoms with Crippen LogP contribution < -0.4 is 5.32 Å². The van der Waals surface area contributed by atoms with Crippen LogP contribution in [0.15, 0.2) is 36.4 Å². The van der Waals surface area contributed by atoms with Crippen LogP contribution in [0, 0.1) is 0 Å². The zero-order chi connectivity index (χ0) is 15.9. The predicted octanol–water partition coefficient (Wildman–Crippen LogP) is 4.65. The first-order valence-corrected chi connectivity index (χ1v) is 8.34. The Morgan fingerprint density at radius 1 is 1.27 bits per heavy atom. The second-order valence-corrected chi connectivity index (χ2v) is 6.07. The molecule has 1 aromatic carbocycles.